The molecule has 0 radical (unpaired) electrons. The van der Waals surface area contributed by atoms with Crippen LogP contribution in [0.4, 0.5) is 13.2 Å². The van der Waals surface area contributed by atoms with Crippen molar-refractivity contribution in [2.24, 2.45) is 17.3 Å². The molecule has 3 atom stereocenters. The average Bonchev–Trinajstić information content (AvgIpc) is 3.11. The molecule has 2 saturated heterocycles. The number of rotatable bonds is 3. The van der Waals surface area contributed by atoms with Crippen molar-refractivity contribution in [1.82, 2.24) is 20.2 Å². The van der Waals surface area contributed by atoms with E-state index in [0.29, 0.717) is 35.8 Å². The number of aromatic nitrogens is 2. The summed E-state index contributed by atoms with van der Waals surface area (Å²) in [5.74, 6) is -2.86. The minimum atomic E-state index is -1.63. The zero-order valence-electron chi connectivity index (χ0n) is 19.3. The maximum absolute atomic E-state index is 15.5. The number of fused-ring (bicyclic) bond motifs is 1. The van der Waals surface area contributed by atoms with Gasteiger partial charge in [-0.05, 0) is 47.6 Å². The average molecular weight is 471 g/mol. The Morgan fingerprint density at radius 1 is 1.03 bits per heavy atom. The smallest absolute Gasteiger partial charge is 0.150 e. The van der Waals surface area contributed by atoms with E-state index in [2.05, 4.69) is 20.2 Å². The number of halogens is 3. The second kappa shape index (κ2) is 7.54. The van der Waals surface area contributed by atoms with Gasteiger partial charge in [0.15, 0.2) is 5.82 Å². The quantitative estimate of drug-likeness (QED) is 0.538. The van der Waals surface area contributed by atoms with E-state index in [1.165, 1.54) is 30.6 Å². The minimum Gasteiger partial charge on any atom is -0.384 e. The highest BCUT2D eigenvalue weighted by Crippen LogP contribution is 2.50. The molecule has 34 heavy (non-hydrogen) atoms. The van der Waals surface area contributed by atoms with Crippen LogP contribution in [0.5, 0.6) is 0 Å². The van der Waals surface area contributed by atoms with Crippen molar-refractivity contribution >= 4 is 11.0 Å². The van der Waals surface area contributed by atoms with Crippen LogP contribution in [-0.2, 0) is 5.60 Å². The highest BCUT2D eigenvalue weighted by atomic mass is 19.1. The van der Waals surface area contributed by atoms with Crippen LogP contribution in [0.3, 0.4) is 0 Å². The van der Waals surface area contributed by atoms with Crippen molar-refractivity contribution in [2.75, 3.05) is 26.2 Å². The molecule has 0 bridgehead atoms. The summed E-state index contributed by atoms with van der Waals surface area (Å²) in [7, 11) is 0. The number of nitrogens with one attached hydrogen (secondary N) is 2. The number of aliphatic hydroxyl groups is 1. The predicted octanol–water partition coefficient (Wildman–Crippen LogP) is 4.17. The lowest BCUT2D eigenvalue weighted by Gasteiger charge is -2.60. The highest BCUT2D eigenvalue weighted by Gasteiger charge is 2.54. The van der Waals surface area contributed by atoms with E-state index in [0.717, 1.165) is 25.9 Å². The maximum atomic E-state index is 15.5. The fraction of sp³-hybridized carbons (Fsp3) is 0.500. The third-order valence-electron chi connectivity index (χ3n) is 8.65. The number of nitrogens with zero attached hydrogens (tertiary/aromatic N) is 2. The topological polar surface area (TPSA) is 64.2 Å². The first-order valence-corrected chi connectivity index (χ1v) is 12.0. The summed E-state index contributed by atoms with van der Waals surface area (Å²) >= 11 is 0. The molecule has 0 amide bonds. The Balaban J connectivity index is 1.32. The lowest BCUT2D eigenvalue weighted by Crippen LogP contribution is -2.67. The second-order valence-corrected chi connectivity index (χ2v) is 10.8. The summed E-state index contributed by atoms with van der Waals surface area (Å²) in [4.78, 5) is 9.18. The number of benzene rings is 1. The van der Waals surface area contributed by atoms with Crippen LogP contribution in [0.2, 0.25) is 0 Å². The van der Waals surface area contributed by atoms with E-state index in [1.807, 2.05) is 13.8 Å². The van der Waals surface area contributed by atoms with Gasteiger partial charge in [-0.3, -0.25) is 4.90 Å². The van der Waals surface area contributed by atoms with E-state index >= 15 is 8.78 Å². The van der Waals surface area contributed by atoms with Gasteiger partial charge >= 0.3 is 0 Å². The molecule has 0 unspecified atom stereocenters. The number of likely N-dealkylation sites (tertiary alicyclic amines) is 1. The summed E-state index contributed by atoms with van der Waals surface area (Å²) in [6.45, 7) is 7.08. The van der Waals surface area contributed by atoms with Crippen molar-refractivity contribution < 1.29 is 18.3 Å². The third-order valence-corrected chi connectivity index (χ3v) is 8.65. The molecule has 2 aliphatic heterocycles. The first-order valence-electron chi connectivity index (χ1n) is 12.0. The van der Waals surface area contributed by atoms with Crippen molar-refractivity contribution in [2.45, 2.75) is 38.3 Å². The van der Waals surface area contributed by atoms with Crippen LogP contribution in [0.15, 0.2) is 30.6 Å². The summed E-state index contributed by atoms with van der Waals surface area (Å²) in [6, 6.07) is 4.40. The molecule has 2 aromatic heterocycles. The number of H-pyrrole nitrogens is 1. The Labute approximate surface area is 196 Å². The molecule has 3 fully saturated rings. The number of hydrogen-bond acceptors (Lipinski definition) is 4. The fourth-order valence-electron chi connectivity index (χ4n) is 6.67. The standard InChI is InChI=1S/C26H29F3N4O/c1-14-10-33(17-7-25(8-17)12-30-13-25)11-15(2)26(14,34)23-19(27)5-16(6-20(23)28)18-3-4-31-24-22(18)21(29)9-32-24/h3-6,9,14-15,17,30,34H,7-8,10-13H2,1-2H3,(H,31,32)/t14-,15+,26-. The summed E-state index contributed by atoms with van der Waals surface area (Å²) in [5, 5.41) is 15.3. The molecular weight excluding hydrogens is 441 g/mol. The molecule has 8 heteroatoms. The monoisotopic (exact) mass is 470 g/mol. The van der Waals surface area contributed by atoms with Crippen LogP contribution in [0, 0.1) is 34.7 Å². The maximum Gasteiger partial charge on any atom is 0.150 e. The van der Waals surface area contributed by atoms with Gasteiger partial charge in [-0.1, -0.05) is 13.8 Å². The van der Waals surface area contributed by atoms with Gasteiger partial charge in [0.1, 0.15) is 22.9 Å². The summed E-state index contributed by atoms with van der Waals surface area (Å²) < 4.78 is 45.4. The third kappa shape index (κ3) is 3.08. The van der Waals surface area contributed by atoms with Gasteiger partial charge in [0.2, 0.25) is 0 Å². The largest absolute Gasteiger partial charge is 0.384 e. The van der Waals surface area contributed by atoms with E-state index < -0.39 is 23.1 Å². The molecule has 4 heterocycles. The van der Waals surface area contributed by atoms with E-state index in [9.17, 15) is 9.50 Å². The second-order valence-electron chi connectivity index (χ2n) is 10.8. The van der Waals surface area contributed by atoms with Crippen LogP contribution in [-0.4, -0.2) is 52.2 Å². The zero-order chi connectivity index (χ0) is 23.8. The zero-order valence-corrected chi connectivity index (χ0v) is 19.3. The fourth-order valence-corrected chi connectivity index (χ4v) is 6.67. The van der Waals surface area contributed by atoms with Crippen molar-refractivity contribution in [3.63, 3.8) is 0 Å². The van der Waals surface area contributed by atoms with Crippen LogP contribution < -0.4 is 5.32 Å². The molecule has 5 nitrogen and oxygen atoms in total. The molecule has 1 spiro atoms. The molecule has 3 aliphatic rings. The number of aromatic amines is 1. The minimum absolute atomic E-state index is 0.183. The van der Waals surface area contributed by atoms with Gasteiger partial charge in [-0.2, -0.15) is 0 Å². The van der Waals surface area contributed by atoms with Gasteiger partial charge in [-0.15, -0.1) is 0 Å². The van der Waals surface area contributed by atoms with Crippen molar-refractivity contribution in [3.05, 3.63) is 53.6 Å². The Bertz CT molecular complexity index is 1230. The molecular formula is C26H29F3N4O. The van der Waals surface area contributed by atoms with Crippen molar-refractivity contribution in [1.29, 1.82) is 0 Å². The SMILES string of the molecule is C[C@@H]1CN(C2CC3(CNC3)C2)C[C@H](C)[C@@]1(O)c1c(F)cc(-c2ccnc3[nH]cc(F)c23)cc1F. The van der Waals surface area contributed by atoms with Gasteiger partial charge in [0, 0.05) is 56.5 Å². The normalized spacial score (nSPS) is 29.4. The molecule has 3 aromatic rings. The molecule has 1 aromatic carbocycles. The lowest BCUT2D eigenvalue weighted by molar-refractivity contribution is -0.145. The van der Waals surface area contributed by atoms with Crippen LogP contribution in [0.1, 0.15) is 32.3 Å². The van der Waals surface area contributed by atoms with Crippen LogP contribution in [0.25, 0.3) is 22.2 Å². The first kappa shape index (κ1) is 22.1. The summed E-state index contributed by atoms with van der Waals surface area (Å²) in [5.41, 5.74) is -0.612. The molecule has 1 saturated carbocycles. The summed E-state index contributed by atoms with van der Waals surface area (Å²) in [6.07, 6.45) is 4.93. The Morgan fingerprint density at radius 2 is 1.68 bits per heavy atom. The van der Waals surface area contributed by atoms with Gasteiger partial charge in [-0.25, -0.2) is 18.2 Å². The van der Waals surface area contributed by atoms with E-state index in [1.54, 1.807) is 0 Å². The number of pyridine rings is 1. The molecule has 1 aliphatic carbocycles. The van der Waals surface area contributed by atoms with E-state index in [-0.39, 0.29) is 28.3 Å². The molecule has 180 valence electrons. The predicted molar refractivity (Wildman–Crippen MR) is 124 cm³/mol. The first-order chi connectivity index (χ1) is 16.2. The van der Waals surface area contributed by atoms with Gasteiger partial charge in [0.05, 0.1) is 10.9 Å². The number of hydrogen-bond donors (Lipinski definition) is 3. The highest BCUT2D eigenvalue weighted by molar-refractivity contribution is 5.93. The van der Waals surface area contributed by atoms with Crippen LogP contribution >= 0.6 is 0 Å². The van der Waals surface area contributed by atoms with Gasteiger partial charge < -0.3 is 15.4 Å². The number of piperidine rings is 1. The Kier molecular flexibility index (Phi) is 4.89. The Morgan fingerprint density at radius 3 is 2.26 bits per heavy atom. The van der Waals surface area contributed by atoms with Crippen molar-refractivity contribution in [3.8, 4) is 11.1 Å². The van der Waals surface area contributed by atoms with Gasteiger partial charge in [0.25, 0.3) is 0 Å². The van der Waals surface area contributed by atoms with E-state index in [4.69, 9.17) is 0 Å². The molecule has 3 N–H and O–H groups in total. The Hall–Kier alpha value is -2.42. The molecule has 6 rings (SSSR count). The lowest BCUT2D eigenvalue weighted by atomic mass is 9.60.